The second-order valence-electron chi connectivity index (χ2n) is 1.92. The molecule has 1 aliphatic rings. The second kappa shape index (κ2) is 3.41. The van der Waals surface area contributed by atoms with Gasteiger partial charge in [0.1, 0.15) is 17.2 Å². The Bertz CT molecular complexity index is 292. The van der Waals surface area contributed by atoms with Gasteiger partial charge in [0, 0.05) is 45.5 Å². The first-order valence-electron chi connectivity index (χ1n) is 3.28. The summed E-state index contributed by atoms with van der Waals surface area (Å²) in [5.74, 6) is 0.949. The van der Waals surface area contributed by atoms with Gasteiger partial charge in [-0.2, -0.15) is 0 Å². The maximum absolute atomic E-state index is 8.98. The van der Waals surface area contributed by atoms with Gasteiger partial charge in [-0.15, -0.1) is 1.37 Å². The maximum atomic E-state index is 8.98. The van der Waals surface area contributed by atoms with Crippen LogP contribution in [-0.4, -0.2) is 5.11 Å². The van der Waals surface area contributed by atoms with Crippen LogP contribution < -0.4 is 9.47 Å². The quantitative estimate of drug-likeness (QED) is 0.678. The monoisotopic (exact) mass is 227 g/mol. The van der Waals surface area contributed by atoms with Crippen LogP contribution in [0.3, 0.4) is 0 Å². The molecule has 55 valence electrons. The predicted octanol–water partition coefficient (Wildman–Crippen LogP) is 1.28. The van der Waals surface area contributed by atoms with Crippen molar-refractivity contribution in [2.75, 3.05) is 0 Å². The fourth-order valence-corrected chi connectivity index (χ4v) is 0.771. The number of phenols is 1. The molecule has 0 aliphatic carbocycles. The fraction of sp³-hybridized carbons (Fsp3) is 0. The van der Waals surface area contributed by atoms with Gasteiger partial charge in [-0.05, 0) is 12.1 Å². The molecule has 1 N–H and O–H groups in total. The summed E-state index contributed by atoms with van der Waals surface area (Å²) in [6.07, 6.45) is 0. The summed E-state index contributed by atoms with van der Waals surface area (Å²) in [5.41, 5.74) is 0. The van der Waals surface area contributed by atoms with Crippen LogP contribution in [0.15, 0.2) is 18.2 Å². The molecule has 0 unspecified atom stereocenters. The van der Waals surface area contributed by atoms with E-state index in [2.05, 4.69) is 0 Å². The van der Waals surface area contributed by atoms with Crippen LogP contribution in [0.4, 0.5) is 0 Å². The average Bonchev–Trinajstić information content (AvgIpc) is 2.27. The molecule has 2 rings (SSSR count). The van der Waals surface area contributed by atoms with Crippen molar-refractivity contribution >= 4 is 0 Å². The number of benzene rings is 1. The van der Waals surface area contributed by atoms with Gasteiger partial charge >= 0.3 is 0 Å². The zero-order chi connectivity index (χ0) is 7.84. The van der Waals surface area contributed by atoms with E-state index in [1.807, 2.05) is 0 Å². The molecule has 1 aliphatic heterocycles. The molecule has 0 spiro atoms. The Labute approximate surface area is 90.6 Å². The van der Waals surface area contributed by atoms with Crippen LogP contribution in [0.1, 0.15) is 1.37 Å². The topological polar surface area (TPSA) is 38.7 Å². The summed E-state index contributed by atoms with van der Waals surface area (Å²) in [5, 5.41) is 8.98. The Morgan fingerprint density at radius 2 is 2.09 bits per heavy atom. The molecule has 4 heteroatoms. The van der Waals surface area contributed by atoms with E-state index in [0.29, 0.717) is 11.5 Å². The Morgan fingerprint density at radius 3 is 2.91 bits per heavy atom. The van der Waals surface area contributed by atoms with Crippen LogP contribution in [0, 0.1) is 6.77 Å². The van der Waals surface area contributed by atoms with E-state index in [9.17, 15) is 0 Å². The first kappa shape index (κ1) is 7.38. The minimum Gasteiger partial charge on any atom is -0.620 e. The van der Waals surface area contributed by atoms with Gasteiger partial charge in [-0.25, -0.2) is 0 Å². The Kier molecular flexibility index (Phi) is 2.29. The van der Waals surface area contributed by atoms with Gasteiger partial charge in [0.05, 0.1) is 0 Å². The fourth-order valence-electron chi connectivity index (χ4n) is 0.771. The summed E-state index contributed by atoms with van der Waals surface area (Å²) in [6.45, 7) is -0.259. The molecule has 1 aromatic carbocycles. The molecule has 1 aromatic rings. The molecule has 0 atom stereocenters. The van der Waals surface area contributed by atoms with Crippen molar-refractivity contribution in [1.29, 1.82) is 0 Å². The van der Waals surface area contributed by atoms with Gasteiger partial charge in [-0.1, -0.05) is 0 Å². The summed E-state index contributed by atoms with van der Waals surface area (Å²) in [7, 11) is 0. The Hall–Kier alpha value is -0.276. The molecule has 1 heterocycles. The normalized spacial score (nSPS) is 15.5. The number of hydrogen-bond acceptors (Lipinski definition) is 3. The van der Waals surface area contributed by atoms with Crippen molar-refractivity contribution in [3.05, 3.63) is 25.0 Å². The molecule has 0 saturated heterocycles. The van der Waals surface area contributed by atoms with E-state index < -0.39 is 0 Å². The SMILES string of the molecule is [2H][C-]1Oc2ccc(O)cc2O1.[Y]. The smallest absolute Gasteiger partial charge is 0.132 e. The molecular weight excluding hydrogens is 221 g/mol. The molecule has 1 radical (unpaired) electrons. The summed E-state index contributed by atoms with van der Waals surface area (Å²) < 4.78 is 16.6. The molecule has 0 aromatic heterocycles. The van der Waals surface area contributed by atoms with E-state index in [1.165, 1.54) is 12.1 Å². The van der Waals surface area contributed by atoms with E-state index >= 15 is 0 Å². The van der Waals surface area contributed by atoms with Gasteiger partial charge < -0.3 is 14.6 Å². The molecule has 0 bridgehead atoms. The van der Waals surface area contributed by atoms with Crippen LogP contribution in [0.25, 0.3) is 0 Å². The second-order valence-corrected chi connectivity index (χ2v) is 1.92. The number of fused-ring (bicyclic) bond motifs is 1. The zero-order valence-corrected chi connectivity index (χ0v) is 8.41. The Morgan fingerprint density at radius 1 is 1.36 bits per heavy atom. The molecule has 0 fully saturated rings. The van der Waals surface area contributed by atoms with Crippen molar-refractivity contribution in [3.63, 3.8) is 0 Å². The number of ether oxygens (including phenoxy) is 2. The molecule has 0 amide bonds. The summed E-state index contributed by atoms with van der Waals surface area (Å²) in [4.78, 5) is 0. The first-order chi connectivity index (χ1) is 5.25. The van der Waals surface area contributed by atoms with Gasteiger partial charge in [0.2, 0.25) is 0 Å². The van der Waals surface area contributed by atoms with Crippen LogP contribution in [0.2, 0.25) is 0 Å². The van der Waals surface area contributed by atoms with Crippen LogP contribution >= 0.6 is 0 Å². The van der Waals surface area contributed by atoms with E-state index in [4.69, 9.17) is 16.0 Å². The van der Waals surface area contributed by atoms with E-state index in [-0.39, 0.29) is 45.2 Å². The molecular formula is C7H5O3Y-. The molecule has 0 saturated carbocycles. The van der Waals surface area contributed by atoms with Crippen LogP contribution in [-0.2, 0) is 32.7 Å². The third-order valence-corrected chi connectivity index (χ3v) is 1.23. The number of hydrogen-bond donors (Lipinski definition) is 1. The van der Waals surface area contributed by atoms with Crippen molar-refractivity contribution in [1.82, 2.24) is 0 Å². The first-order valence-corrected chi connectivity index (χ1v) is 2.78. The van der Waals surface area contributed by atoms with Gasteiger partial charge in [0.15, 0.2) is 0 Å². The van der Waals surface area contributed by atoms with E-state index in [1.54, 1.807) is 6.07 Å². The average molecular weight is 227 g/mol. The Balaban J connectivity index is 0.000000720. The van der Waals surface area contributed by atoms with Crippen molar-refractivity contribution < 1.29 is 48.7 Å². The van der Waals surface area contributed by atoms with Gasteiger partial charge in [0.25, 0.3) is 0 Å². The van der Waals surface area contributed by atoms with Crippen LogP contribution in [0.5, 0.6) is 17.2 Å². The zero-order valence-electron chi connectivity index (χ0n) is 6.57. The third kappa shape index (κ3) is 1.65. The van der Waals surface area contributed by atoms with Crippen molar-refractivity contribution in [2.24, 2.45) is 0 Å². The number of phenolic OH excluding ortho intramolecular Hbond substituents is 1. The van der Waals surface area contributed by atoms with Gasteiger partial charge in [-0.3, -0.25) is 0 Å². The molecule has 11 heavy (non-hydrogen) atoms. The number of aromatic hydroxyl groups is 1. The van der Waals surface area contributed by atoms with Crippen molar-refractivity contribution in [3.8, 4) is 17.2 Å². The molecule has 3 nitrogen and oxygen atoms in total. The maximum Gasteiger partial charge on any atom is 0.132 e. The minimum atomic E-state index is -0.259. The standard InChI is InChI=1S/C7H5O3.Y/c8-5-1-2-6-7(3-5)10-4-9-6;/h1-4,8H;/q-1;/i4D;. The predicted molar refractivity (Wildman–Crippen MR) is 33.7 cm³/mol. The van der Waals surface area contributed by atoms with E-state index in [0.717, 1.165) is 0 Å². The third-order valence-electron chi connectivity index (χ3n) is 1.23. The minimum absolute atomic E-state index is 0. The summed E-state index contributed by atoms with van der Waals surface area (Å²) >= 11 is 0. The summed E-state index contributed by atoms with van der Waals surface area (Å²) in [6, 6.07) is 4.42. The van der Waals surface area contributed by atoms with Crippen molar-refractivity contribution in [2.45, 2.75) is 0 Å². The number of rotatable bonds is 0. The largest absolute Gasteiger partial charge is 0.620 e.